The van der Waals surface area contributed by atoms with Gasteiger partial charge in [-0.2, -0.15) is 0 Å². The third kappa shape index (κ3) is 3.51. The minimum atomic E-state index is -0.574. The molecule has 0 saturated carbocycles. The second-order valence-corrected chi connectivity index (χ2v) is 6.61. The van der Waals surface area contributed by atoms with Crippen LogP contribution in [0.1, 0.15) is 40.5 Å². The smallest absolute Gasteiger partial charge is 0.311 e. The molecule has 2 N–H and O–H groups in total. The maximum atomic E-state index is 12.3. The number of hydrogen-bond acceptors (Lipinski definition) is 4. The Morgan fingerprint density at radius 2 is 1.95 bits per heavy atom. The number of rotatable bonds is 4. The van der Waals surface area contributed by atoms with E-state index in [9.17, 15) is 9.59 Å². The number of nitrogens with two attached hydrogens (primary N) is 1. The minimum absolute atomic E-state index is 0.00892. The molecule has 5 nitrogen and oxygen atoms in total. The van der Waals surface area contributed by atoms with Crippen molar-refractivity contribution in [2.75, 3.05) is 20.2 Å². The van der Waals surface area contributed by atoms with Gasteiger partial charge in [-0.25, -0.2) is 0 Å². The second kappa shape index (κ2) is 6.57. The van der Waals surface area contributed by atoms with Crippen LogP contribution >= 0.6 is 0 Å². The lowest BCUT2D eigenvalue weighted by atomic mass is 9.74. The van der Waals surface area contributed by atoms with Crippen molar-refractivity contribution in [1.29, 1.82) is 0 Å². The Morgan fingerprint density at radius 3 is 2.45 bits per heavy atom. The fourth-order valence-corrected chi connectivity index (χ4v) is 2.69. The molecule has 0 unspecified atom stereocenters. The van der Waals surface area contributed by atoms with Crippen LogP contribution in [-0.2, 0) is 14.3 Å². The molecular weight excluding hydrogens is 256 g/mol. The predicted molar refractivity (Wildman–Crippen MR) is 77.9 cm³/mol. The number of carbonyl (C=O) groups excluding carboxylic acids is 2. The van der Waals surface area contributed by atoms with E-state index in [1.807, 2.05) is 32.6 Å². The summed E-state index contributed by atoms with van der Waals surface area (Å²) in [4.78, 5) is 26.0. The summed E-state index contributed by atoms with van der Waals surface area (Å²) in [5, 5.41) is 0. The Morgan fingerprint density at radius 1 is 1.35 bits per heavy atom. The van der Waals surface area contributed by atoms with Crippen molar-refractivity contribution >= 4 is 11.9 Å². The molecule has 0 aliphatic carbocycles. The van der Waals surface area contributed by atoms with Crippen LogP contribution in [0.2, 0.25) is 0 Å². The first-order valence-corrected chi connectivity index (χ1v) is 7.34. The molecule has 0 aromatic rings. The predicted octanol–water partition coefficient (Wildman–Crippen LogP) is 1.41. The first kappa shape index (κ1) is 17.0. The number of hydrogen-bond donors (Lipinski definition) is 1. The number of methoxy groups -OCH3 is 1. The summed E-state index contributed by atoms with van der Waals surface area (Å²) < 4.78 is 4.88. The Labute approximate surface area is 121 Å². The number of piperidine rings is 1. The molecule has 0 radical (unpaired) electrons. The highest BCUT2D eigenvalue weighted by molar-refractivity contribution is 5.82. The van der Waals surface area contributed by atoms with Crippen molar-refractivity contribution in [1.82, 2.24) is 4.90 Å². The fraction of sp³-hybridized carbons (Fsp3) is 0.867. The molecular formula is C15H28N2O3. The average Bonchev–Trinajstić information content (AvgIpc) is 2.44. The summed E-state index contributed by atoms with van der Waals surface area (Å²) >= 11 is 0. The standard InChI is InChI=1S/C15H28N2O3/c1-10(2)12(16)13(18)17-8-6-7-11(9-17)15(3,4)14(19)20-5/h10-12H,6-9,16H2,1-5H3/t11-,12+/m1/s1. The van der Waals surface area contributed by atoms with E-state index in [1.165, 1.54) is 7.11 Å². The van der Waals surface area contributed by atoms with Crippen molar-refractivity contribution in [3.05, 3.63) is 0 Å². The molecule has 1 aliphatic rings. The van der Waals surface area contributed by atoms with E-state index in [4.69, 9.17) is 10.5 Å². The molecule has 0 aromatic heterocycles. The van der Waals surface area contributed by atoms with Crippen LogP contribution in [0.4, 0.5) is 0 Å². The fourth-order valence-electron chi connectivity index (χ4n) is 2.69. The van der Waals surface area contributed by atoms with Crippen molar-refractivity contribution in [3.8, 4) is 0 Å². The SMILES string of the molecule is COC(=O)C(C)(C)[C@@H]1CCCN(C(=O)[C@@H](N)C(C)C)C1. The highest BCUT2D eigenvalue weighted by Crippen LogP contribution is 2.35. The van der Waals surface area contributed by atoms with Crippen LogP contribution in [0.3, 0.4) is 0 Å². The van der Waals surface area contributed by atoms with E-state index >= 15 is 0 Å². The third-order valence-corrected chi connectivity index (χ3v) is 4.47. The number of likely N-dealkylation sites (tertiary alicyclic amines) is 1. The Hall–Kier alpha value is -1.10. The molecule has 116 valence electrons. The van der Waals surface area contributed by atoms with Gasteiger partial charge in [-0.3, -0.25) is 9.59 Å². The molecule has 1 fully saturated rings. The van der Waals surface area contributed by atoms with Gasteiger partial charge in [0.15, 0.2) is 0 Å². The number of esters is 1. The second-order valence-electron chi connectivity index (χ2n) is 6.61. The molecule has 0 bridgehead atoms. The molecule has 1 amide bonds. The first-order chi connectivity index (χ1) is 9.21. The Balaban J connectivity index is 2.77. The van der Waals surface area contributed by atoms with Gasteiger partial charge in [0.2, 0.25) is 5.91 Å². The summed E-state index contributed by atoms with van der Waals surface area (Å²) in [7, 11) is 1.41. The van der Waals surface area contributed by atoms with Gasteiger partial charge in [-0.15, -0.1) is 0 Å². The maximum Gasteiger partial charge on any atom is 0.311 e. The molecule has 1 rings (SSSR count). The molecule has 20 heavy (non-hydrogen) atoms. The van der Waals surface area contributed by atoms with Crippen LogP contribution < -0.4 is 5.73 Å². The lowest BCUT2D eigenvalue weighted by Gasteiger charge is -2.40. The van der Waals surface area contributed by atoms with Crippen LogP contribution in [0, 0.1) is 17.3 Å². The number of carbonyl (C=O) groups is 2. The van der Waals surface area contributed by atoms with Gasteiger partial charge in [0, 0.05) is 13.1 Å². The lowest BCUT2D eigenvalue weighted by Crippen LogP contribution is -2.52. The van der Waals surface area contributed by atoms with Crippen LogP contribution in [-0.4, -0.2) is 43.0 Å². The van der Waals surface area contributed by atoms with Crippen molar-refractivity contribution in [2.24, 2.45) is 23.0 Å². The van der Waals surface area contributed by atoms with Crippen molar-refractivity contribution in [2.45, 2.75) is 46.6 Å². The van der Waals surface area contributed by atoms with E-state index in [0.29, 0.717) is 6.54 Å². The molecule has 0 aromatic carbocycles. The quantitative estimate of drug-likeness (QED) is 0.792. The van der Waals surface area contributed by atoms with E-state index in [1.54, 1.807) is 0 Å². The minimum Gasteiger partial charge on any atom is -0.469 e. The van der Waals surface area contributed by atoms with Gasteiger partial charge in [0.1, 0.15) is 0 Å². The molecule has 5 heteroatoms. The lowest BCUT2D eigenvalue weighted by molar-refractivity contribution is -0.157. The Kier molecular flexibility index (Phi) is 5.57. The van der Waals surface area contributed by atoms with Crippen LogP contribution in [0.15, 0.2) is 0 Å². The van der Waals surface area contributed by atoms with E-state index in [0.717, 1.165) is 19.4 Å². The zero-order valence-electron chi connectivity index (χ0n) is 13.3. The normalized spacial score (nSPS) is 21.8. The van der Waals surface area contributed by atoms with Crippen molar-refractivity contribution in [3.63, 3.8) is 0 Å². The summed E-state index contributed by atoms with van der Waals surface area (Å²) in [6, 6.07) is -0.463. The van der Waals surface area contributed by atoms with Crippen LogP contribution in [0.25, 0.3) is 0 Å². The average molecular weight is 284 g/mol. The maximum absolute atomic E-state index is 12.3. The summed E-state index contributed by atoms with van der Waals surface area (Å²) in [6.07, 6.45) is 1.84. The highest BCUT2D eigenvalue weighted by Gasteiger charge is 2.41. The molecule has 2 atom stereocenters. The molecule has 1 saturated heterocycles. The summed E-state index contributed by atoms with van der Waals surface area (Å²) in [5.41, 5.74) is 5.37. The van der Waals surface area contributed by atoms with E-state index in [2.05, 4.69) is 0 Å². The zero-order chi connectivity index (χ0) is 15.5. The first-order valence-electron chi connectivity index (χ1n) is 7.34. The molecule has 0 spiro atoms. The monoisotopic (exact) mass is 284 g/mol. The zero-order valence-corrected chi connectivity index (χ0v) is 13.3. The van der Waals surface area contributed by atoms with Gasteiger partial charge < -0.3 is 15.4 Å². The van der Waals surface area contributed by atoms with Gasteiger partial charge in [-0.05, 0) is 38.5 Å². The van der Waals surface area contributed by atoms with Gasteiger partial charge >= 0.3 is 5.97 Å². The van der Waals surface area contributed by atoms with Crippen LogP contribution in [0.5, 0.6) is 0 Å². The molecule has 1 aliphatic heterocycles. The van der Waals surface area contributed by atoms with Gasteiger partial charge in [0.05, 0.1) is 18.6 Å². The number of nitrogens with zero attached hydrogens (tertiary/aromatic N) is 1. The van der Waals surface area contributed by atoms with Crippen molar-refractivity contribution < 1.29 is 14.3 Å². The highest BCUT2D eigenvalue weighted by atomic mass is 16.5. The summed E-state index contributed by atoms with van der Waals surface area (Å²) in [5.74, 6) is 0.0128. The van der Waals surface area contributed by atoms with Gasteiger partial charge in [-0.1, -0.05) is 13.8 Å². The summed E-state index contributed by atoms with van der Waals surface area (Å²) in [6.45, 7) is 8.98. The third-order valence-electron chi connectivity index (χ3n) is 4.47. The number of ether oxygens (including phenoxy) is 1. The number of amides is 1. The van der Waals surface area contributed by atoms with Gasteiger partial charge in [0.25, 0.3) is 0 Å². The van der Waals surface area contributed by atoms with E-state index < -0.39 is 11.5 Å². The Bertz CT molecular complexity index is 366. The molecule has 1 heterocycles. The topological polar surface area (TPSA) is 72.6 Å². The largest absolute Gasteiger partial charge is 0.469 e. The van der Waals surface area contributed by atoms with E-state index in [-0.39, 0.29) is 23.7 Å².